The van der Waals surface area contributed by atoms with Crippen molar-refractivity contribution in [1.29, 1.82) is 0 Å². The molecule has 0 aliphatic rings. The molecule has 0 saturated carbocycles. The van der Waals surface area contributed by atoms with Crippen LogP contribution in [0, 0.1) is 12.1 Å². The van der Waals surface area contributed by atoms with Crippen molar-refractivity contribution in [1.82, 2.24) is 19.9 Å². The first-order chi connectivity index (χ1) is 21.1. The molecule has 5 heteroatoms. The van der Waals surface area contributed by atoms with Crippen LogP contribution >= 0.6 is 0 Å². The molecule has 0 fully saturated rings. The molecule has 0 aliphatic carbocycles. The predicted octanol–water partition coefficient (Wildman–Crippen LogP) is 9.83. The molecule has 6 rings (SSSR count). The molecule has 0 atom stereocenters. The van der Waals surface area contributed by atoms with Crippen molar-refractivity contribution in [2.75, 3.05) is 0 Å². The first-order valence-corrected chi connectivity index (χ1v) is 14.8. The van der Waals surface area contributed by atoms with Gasteiger partial charge in [0, 0.05) is 44.9 Å². The largest absolute Gasteiger partial charge is 0.305 e. The Hall–Kier alpha value is -4.31. The molecule has 0 spiro atoms. The Balaban J connectivity index is 0.000000191. The number of pyridine rings is 4. The molecular weight excluding hydrogens is 729 g/mol. The summed E-state index contributed by atoms with van der Waals surface area (Å²) < 4.78 is 0. The molecule has 0 amide bonds. The van der Waals surface area contributed by atoms with Crippen molar-refractivity contribution in [2.24, 2.45) is 0 Å². The molecule has 4 heterocycles. The first kappa shape index (κ1) is 35.2. The zero-order valence-electron chi connectivity index (χ0n) is 26.8. The molecule has 0 unspecified atom stereocenters. The van der Waals surface area contributed by atoms with Gasteiger partial charge in [0.1, 0.15) is 0 Å². The van der Waals surface area contributed by atoms with E-state index in [0.29, 0.717) is 0 Å². The van der Waals surface area contributed by atoms with Gasteiger partial charge in [0.2, 0.25) is 0 Å². The van der Waals surface area contributed by atoms with Crippen molar-refractivity contribution in [3.8, 4) is 33.9 Å². The number of hydrogen-bond donors (Lipinski definition) is 0. The van der Waals surface area contributed by atoms with E-state index in [0.717, 1.165) is 33.9 Å². The second-order valence-electron chi connectivity index (χ2n) is 12.3. The standard InChI is InChI=1S/C18H24N2.2C11H8N.Ir/c1-17(2,3)13-7-9-19-15(11-13)16-12-14(8-10-20-16)18(4,5)6;2*1-2-6-10(7-3-1)11-8-4-5-9-12-11;/h7-12H,1-6H3;2*1-6,8-9H;/q;2*-1;. The van der Waals surface area contributed by atoms with E-state index >= 15 is 0 Å². The van der Waals surface area contributed by atoms with E-state index in [-0.39, 0.29) is 30.9 Å². The Morgan fingerprint density at radius 2 is 0.800 bits per heavy atom. The minimum atomic E-state index is 0. The summed E-state index contributed by atoms with van der Waals surface area (Å²) in [6.07, 6.45) is 7.33. The monoisotopic (exact) mass is 769 g/mol. The van der Waals surface area contributed by atoms with Gasteiger partial charge in [-0.15, -0.1) is 71.8 Å². The molecule has 231 valence electrons. The summed E-state index contributed by atoms with van der Waals surface area (Å²) in [6.45, 7) is 13.3. The van der Waals surface area contributed by atoms with Crippen LogP contribution in [0.15, 0.2) is 134 Å². The maximum absolute atomic E-state index is 4.48. The fraction of sp³-hybridized carbons (Fsp3) is 0.200. The van der Waals surface area contributed by atoms with Gasteiger partial charge in [-0.3, -0.25) is 9.97 Å². The summed E-state index contributed by atoms with van der Waals surface area (Å²) in [7, 11) is 0. The fourth-order valence-corrected chi connectivity index (χ4v) is 4.22. The van der Waals surface area contributed by atoms with Gasteiger partial charge in [-0.1, -0.05) is 65.8 Å². The zero-order chi connectivity index (χ0) is 31.4. The smallest absolute Gasteiger partial charge is 0.0889 e. The molecule has 0 N–H and O–H groups in total. The summed E-state index contributed by atoms with van der Waals surface area (Å²) >= 11 is 0. The number of benzene rings is 2. The molecule has 1 radical (unpaired) electrons. The Morgan fingerprint density at radius 3 is 1.11 bits per heavy atom. The van der Waals surface area contributed by atoms with E-state index in [9.17, 15) is 0 Å². The van der Waals surface area contributed by atoms with Crippen LogP contribution in [0.4, 0.5) is 0 Å². The van der Waals surface area contributed by atoms with E-state index in [1.807, 2.05) is 97.3 Å². The van der Waals surface area contributed by atoms with E-state index in [2.05, 4.69) is 97.9 Å². The van der Waals surface area contributed by atoms with E-state index in [4.69, 9.17) is 0 Å². The molecule has 45 heavy (non-hydrogen) atoms. The first-order valence-electron chi connectivity index (χ1n) is 14.8. The van der Waals surface area contributed by atoms with E-state index in [1.54, 1.807) is 12.4 Å². The van der Waals surface area contributed by atoms with E-state index < -0.39 is 0 Å². The molecular formula is C40H40IrN4-2. The van der Waals surface area contributed by atoms with Crippen LogP contribution in [-0.4, -0.2) is 19.9 Å². The average molecular weight is 769 g/mol. The average Bonchev–Trinajstić information content (AvgIpc) is 3.06. The summed E-state index contributed by atoms with van der Waals surface area (Å²) in [5, 5.41) is 0. The van der Waals surface area contributed by atoms with Gasteiger partial charge in [0.05, 0.1) is 11.4 Å². The van der Waals surface area contributed by atoms with Crippen molar-refractivity contribution in [3.63, 3.8) is 0 Å². The Morgan fingerprint density at radius 1 is 0.422 bits per heavy atom. The third-order valence-corrected chi connectivity index (χ3v) is 6.81. The van der Waals surface area contributed by atoms with E-state index in [1.165, 1.54) is 11.1 Å². The van der Waals surface area contributed by atoms with Gasteiger partial charge in [-0.05, 0) is 69.7 Å². The van der Waals surface area contributed by atoms with Gasteiger partial charge < -0.3 is 9.97 Å². The Labute approximate surface area is 282 Å². The second-order valence-corrected chi connectivity index (χ2v) is 12.3. The molecule has 6 aromatic rings. The van der Waals surface area contributed by atoms with Crippen LogP contribution in [0.5, 0.6) is 0 Å². The molecule has 4 nitrogen and oxygen atoms in total. The Kier molecular flexibility index (Phi) is 13.0. The van der Waals surface area contributed by atoms with Crippen LogP contribution in [0.1, 0.15) is 52.7 Å². The number of hydrogen-bond acceptors (Lipinski definition) is 4. The summed E-state index contributed by atoms with van der Waals surface area (Å²) in [5.74, 6) is 0. The van der Waals surface area contributed by atoms with Crippen molar-refractivity contribution in [3.05, 3.63) is 157 Å². The SMILES string of the molecule is CC(C)(C)c1ccnc(-c2cc(C(C)(C)C)ccn2)c1.[Ir].[c-]1ccccc1-c1ccccn1.[c-]1ccccc1-c1ccccn1. The molecule has 2 aromatic carbocycles. The van der Waals surface area contributed by atoms with Crippen LogP contribution in [0.25, 0.3) is 33.9 Å². The maximum Gasteiger partial charge on any atom is 0.0889 e. The van der Waals surface area contributed by atoms with Gasteiger partial charge >= 0.3 is 0 Å². The molecule has 4 aromatic heterocycles. The van der Waals surface area contributed by atoms with Crippen LogP contribution in [0.2, 0.25) is 0 Å². The summed E-state index contributed by atoms with van der Waals surface area (Å²) in [6, 6.07) is 42.1. The van der Waals surface area contributed by atoms with Crippen molar-refractivity contribution >= 4 is 0 Å². The van der Waals surface area contributed by atoms with Crippen LogP contribution in [-0.2, 0) is 30.9 Å². The van der Waals surface area contributed by atoms with Crippen LogP contribution < -0.4 is 0 Å². The second kappa shape index (κ2) is 16.7. The van der Waals surface area contributed by atoms with Gasteiger partial charge in [0.15, 0.2) is 0 Å². The quantitative estimate of drug-likeness (QED) is 0.168. The van der Waals surface area contributed by atoms with Gasteiger partial charge in [-0.2, -0.15) is 0 Å². The fourth-order valence-electron chi connectivity index (χ4n) is 4.22. The molecule has 0 bridgehead atoms. The normalized spacial score (nSPS) is 10.7. The third kappa shape index (κ3) is 11.0. The molecule has 0 saturated heterocycles. The topological polar surface area (TPSA) is 51.6 Å². The number of aromatic nitrogens is 4. The minimum absolute atomic E-state index is 0. The summed E-state index contributed by atoms with van der Waals surface area (Å²) in [5.41, 5.74) is 8.73. The maximum atomic E-state index is 4.48. The summed E-state index contributed by atoms with van der Waals surface area (Å²) in [4.78, 5) is 17.4. The van der Waals surface area contributed by atoms with Crippen molar-refractivity contribution in [2.45, 2.75) is 52.4 Å². The zero-order valence-corrected chi connectivity index (χ0v) is 29.2. The third-order valence-electron chi connectivity index (χ3n) is 6.81. The van der Waals surface area contributed by atoms with Gasteiger partial charge in [-0.25, -0.2) is 0 Å². The molecule has 0 aliphatic heterocycles. The van der Waals surface area contributed by atoms with Crippen molar-refractivity contribution < 1.29 is 20.1 Å². The van der Waals surface area contributed by atoms with Crippen LogP contribution in [0.3, 0.4) is 0 Å². The van der Waals surface area contributed by atoms with Gasteiger partial charge in [0.25, 0.3) is 0 Å². The number of nitrogens with zero attached hydrogens (tertiary/aromatic N) is 4. The minimum Gasteiger partial charge on any atom is -0.305 e. The number of rotatable bonds is 3. The predicted molar refractivity (Wildman–Crippen MR) is 182 cm³/mol. The Bertz CT molecular complexity index is 1490.